The Kier molecular flexibility index (Phi) is 7.88. The zero-order valence-corrected chi connectivity index (χ0v) is 16.3. The van der Waals surface area contributed by atoms with Crippen LogP contribution in [0.3, 0.4) is 0 Å². The lowest BCUT2D eigenvalue weighted by Crippen LogP contribution is -2.32. The van der Waals surface area contributed by atoms with Crippen LogP contribution < -0.4 is 4.74 Å². The molecule has 0 radical (unpaired) electrons. The van der Waals surface area contributed by atoms with Crippen molar-refractivity contribution in [3.63, 3.8) is 0 Å². The highest BCUT2D eigenvalue weighted by molar-refractivity contribution is 7.99. The zero-order chi connectivity index (χ0) is 19.6. The summed E-state index contributed by atoms with van der Waals surface area (Å²) in [6, 6.07) is 7.61. The van der Waals surface area contributed by atoms with Gasteiger partial charge in [-0.05, 0) is 24.3 Å². The van der Waals surface area contributed by atoms with E-state index in [2.05, 4.69) is 29.9 Å². The Balaban J connectivity index is 2.18. The second-order valence-corrected chi connectivity index (χ2v) is 6.54. The van der Waals surface area contributed by atoms with Gasteiger partial charge in [0.2, 0.25) is 5.91 Å². The average Bonchev–Trinajstić information content (AvgIpc) is 3.09. The highest BCUT2D eigenvalue weighted by Crippen LogP contribution is 2.25. The molecule has 0 spiro atoms. The minimum atomic E-state index is -0.000972. The molecule has 142 valence electrons. The van der Waals surface area contributed by atoms with E-state index in [-0.39, 0.29) is 11.7 Å². The maximum atomic E-state index is 12.4. The summed E-state index contributed by atoms with van der Waals surface area (Å²) in [5.74, 6) is 1.76. The molecule has 0 unspecified atom stereocenters. The summed E-state index contributed by atoms with van der Waals surface area (Å²) in [5, 5.41) is 9.24. The van der Waals surface area contributed by atoms with Gasteiger partial charge in [0.15, 0.2) is 11.0 Å². The first-order valence-electron chi connectivity index (χ1n) is 8.45. The van der Waals surface area contributed by atoms with Crippen LogP contribution in [0.1, 0.15) is 0 Å². The number of benzene rings is 1. The minimum absolute atomic E-state index is 0.000972. The Labute approximate surface area is 164 Å². The van der Waals surface area contributed by atoms with Crippen molar-refractivity contribution in [2.45, 2.75) is 11.7 Å². The number of aromatic nitrogens is 3. The van der Waals surface area contributed by atoms with Gasteiger partial charge in [-0.3, -0.25) is 9.36 Å². The fourth-order valence-electron chi connectivity index (χ4n) is 2.45. The number of hydrogen-bond donors (Lipinski definition) is 0. The lowest BCUT2D eigenvalue weighted by molar-refractivity contribution is -0.127. The van der Waals surface area contributed by atoms with E-state index in [1.165, 1.54) is 11.8 Å². The zero-order valence-electron chi connectivity index (χ0n) is 15.5. The molecule has 0 aliphatic carbocycles. The number of ether oxygens (including phenoxy) is 1. The number of thioether (sulfide) groups is 1. The molecular formula is C20H24N4O2S. The van der Waals surface area contributed by atoms with Crippen LogP contribution >= 0.6 is 11.8 Å². The largest absolute Gasteiger partial charge is 0.497 e. The molecule has 7 heteroatoms. The molecule has 1 heterocycles. The van der Waals surface area contributed by atoms with Crippen LogP contribution in [0.4, 0.5) is 0 Å². The van der Waals surface area contributed by atoms with Crippen LogP contribution in [0.25, 0.3) is 11.4 Å². The molecule has 0 saturated heterocycles. The summed E-state index contributed by atoms with van der Waals surface area (Å²) < 4.78 is 7.14. The van der Waals surface area contributed by atoms with Gasteiger partial charge in [0.25, 0.3) is 0 Å². The Morgan fingerprint density at radius 2 is 1.81 bits per heavy atom. The van der Waals surface area contributed by atoms with Crippen LogP contribution in [0.15, 0.2) is 67.4 Å². The van der Waals surface area contributed by atoms with E-state index in [9.17, 15) is 4.79 Å². The van der Waals surface area contributed by atoms with Crippen molar-refractivity contribution >= 4 is 17.7 Å². The van der Waals surface area contributed by atoms with Gasteiger partial charge in [0.1, 0.15) is 5.75 Å². The molecule has 0 fully saturated rings. The van der Waals surface area contributed by atoms with Gasteiger partial charge in [0.05, 0.1) is 12.9 Å². The highest BCUT2D eigenvalue weighted by Gasteiger charge is 2.17. The molecule has 6 nitrogen and oxygen atoms in total. The molecule has 0 bridgehead atoms. The van der Waals surface area contributed by atoms with Crippen LogP contribution in [0.5, 0.6) is 5.75 Å². The third-order valence-electron chi connectivity index (χ3n) is 3.75. The number of nitrogens with zero attached hydrogens (tertiary/aromatic N) is 4. The summed E-state index contributed by atoms with van der Waals surface area (Å²) in [7, 11) is 1.63. The SMILES string of the molecule is C=CCN(CC=C)C(=O)CSc1nnc(-c2ccc(OC)cc2)n1CC=C. The molecule has 0 aliphatic rings. The predicted molar refractivity (Wildman–Crippen MR) is 110 cm³/mol. The molecule has 27 heavy (non-hydrogen) atoms. The van der Waals surface area contributed by atoms with Gasteiger partial charge >= 0.3 is 0 Å². The monoisotopic (exact) mass is 384 g/mol. The van der Waals surface area contributed by atoms with Crippen molar-refractivity contribution in [2.75, 3.05) is 26.0 Å². The summed E-state index contributed by atoms with van der Waals surface area (Å²) in [6.07, 6.45) is 5.19. The fraction of sp³-hybridized carbons (Fsp3) is 0.250. The quantitative estimate of drug-likeness (QED) is 0.439. The van der Waals surface area contributed by atoms with Crippen molar-refractivity contribution < 1.29 is 9.53 Å². The first kappa shape index (κ1) is 20.5. The van der Waals surface area contributed by atoms with Crippen LogP contribution in [0, 0.1) is 0 Å². The first-order valence-corrected chi connectivity index (χ1v) is 9.44. The fourth-order valence-corrected chi connectivity index (χ4v) is 3.30. The van der Waals surface area contributed by atoms with E-state index in [4.69, 9.17) is 4.74 Å². The topological polar surface area (TPSA) is 60.3 Å². The maximum absolute atomic E-state index is 12.4. The van der Waals surface area contributed by atoms with E-state index in [0.29, 0.717) is 24.8 Å². The summed E-state index contributed by atoms with van der Waals surface area (Å²) in [5.41, 5.74) is 0.920. The number of hydrogen-bond acceptors (Lipinski definition) is 5. The van der Waals surface area contributed by atoms with Crippen LogP contribution in [-0.2, 0) is 11.3 Å². The van der Waals surface area contributed by atoms with Crippen molar-refractivity contribution in [3.05, 3.63) is 62.2 Å². The third-order valence-corrected chi connectivity index (χ3v) is 4.70. The molecule has 0 aliphatic heterocycles. The van der Waals surface area contributed by atoms with Gasteiger partial charge in [-0.1, -0.05) is 30.0 Å². The molecule has 1 aromatic heterocycles. The Morgan fingerprint density at radius 3 is 2.37 bits per heavy atom. The van der Waals surface area contributed by atoms with E-state index in [1.807, 2.05) is 28.8 Å². The van der Waals surface area contributed by atoms with Crippen LogP contribution in [-0.4, -0.2) is 51.5 Å². The lowest BCUT2D eigenvalue weighted by Gasteiger charge is -2.18. The van der Waals surface area contributed by atoms with Gasteiger partial charge in [-0.25, -0.2) is 0 Å². The highest BCUT2D eigenvalue weighted by atomic mass is 32.2. The standard InChI is InChI=1S/C20H24N4O2S/c1-5-12-23(13-6-2)18(25)15-27-20-22-21-19(24(20)14-7-3)16-8-10-17(26-4)11-9-16/h5-11H,1-3,12-15H2,4H3. The first-order chi connectivity index (χ1) is 13.1. The number of rotatable bonds is 11. The van der Waals surface area contributed by atoms with Crippen molar-refractivity contribution in [3.8, 4) is 17.1 Å². The molecule has 1 aromatic carbocycles. The lowest BCUT2D eigenvalue weighted by atomic mass is 10.2. The van der Waals surface area contributed by atoms with E-state index in [0.717, 1.165) is 17.1 Å². The normalized spacial score (nSPS) is 10.3. The second-order valence-electron chi connectivity index (χ2n) is 5.60. The van der Waals surface area contributed by atoms with Gasteiger partial charge in [0, 0.05) is 25.2 Å². The predicted octanol–water partition coefficient (Wildman–Crippen LogP) is 3.43. The third kappa shape index (κ3) is 5.34. The minimum Gasteiger partial charge on any atom is -0.497 e. The molecule has 0 N–H and O–H groups in total. The molecule has 2 rings (SSSR count). The maximum Gasteiger partial charge on any atom is 0.233 e. The number of amides is 1. The van der Waals surface area contributed by atoms with Gasteiger partial charge < -0.3 is 9.64 Å². The van der Waals surface area contributed by atoms with Gasteiger partial charge in [-0.2, -0.15) is 0 Å². The molecule has 0 saturated carbocycles. The van der Waals surface area contributed by atoms with E-state index in [1.54, 1.807) is 30.2 Å². The van der Waals surface area contributed by atoms with Crippen LogP contribution in [0.2, 0.25) is 0 Å². The molecule has 0 atom stereocenters. The Bertz CT molecular complexity index is 789. The van der Waals surface area contributed by atoms with Crippen molar-refractivity contribution in [1.29, 1.82) is 0 Å². The second kappa shape index (κ2) is 10.4. The summed E-state index contributed by atoms with van der Waals surface area (Å²) in [6.45, 7) is 12.7. The summed E-state index contributed by atoms with van der Waals surface area (Å²) in [4.78, 5) is 14.1. The van der Waals surface area contributed by atoms with Crippen molar-refractivity contribution in [1.82, 2.24) is 19.7 Å². The molecule has 2 aromatic rings. The van der Waals surface area contributed by atoms with E-state index >= 15 is 0 Å². The number of allylic oxidation sites excluding steroid dienone is 1. The number of carbonyl (C=O) groups excluding carboxylic acids is 1. The number of carbonyl (C=O) groups is 1. The smallest absolute Gasteiger partial charge is 0.233 e. The molecule has 1 amide bonds. The Hall–Kier alpha value is -2.80. The average molecular weight is 385 g/mol. The van der Waals surface area contributed by atoms with Crippen molar-refractivity contribution in [2.24, 2.45) is 0 Å². The summed E-state index contributed by atoms with van der Waals surface area (Å²) >= 11 is 1.36. The van der Waals surface area contributed by atoms with E-state index < -0.39 is 0 Å². The molecular weight excluding hydrogens is 360 g/mol. The van der Waals surface area contributed by atoms with Gasteiger partial charge in [-0.15, -0.1) is 29.9 Å². The number of methoxy groups -OCH3 is 1. The Morgan fingerprint density at radius 1 is 1.15 bits per heavy atom.